The van der Waals surface area contributed by atoms with Gasteiger partial charge in [-0.25, -0.2) is 0 Å². The summed E-state index contributed by atoms with van der Waals surface area (Å²) in [6.07, 6.45) is 3.92. The maximum atomic E-state index is 10.6. The second-order valence-electron chi connectivity index (χ2n) is 6.37. The summed E-state index contributed by atoms with van der Waals surface area (Å²) in [6.45, 7) is 10.1. The molecule has 0 unspecified atom stereocenters. The van der Waals surface area contributed by atoms with Crippen LogP contribution in [0.15, 0.2) is 12.3 Å². The molecular formula is C15H27N3O2. The van der Waals surface area contributed by atoms with Crippen LogP contribution in [-0.2, 0) is 11.3 Å². The molecule has 20 heavy (non-hydrogen) atoms. The molecular weight excluding hydrogens is 254 g/mol. The Morgan fingerprint density at radius 3 is 2.70 bits per heavy atom. The minimum atomic E-state index is -0.717. The summed E-state index contributed by atoms with van der Waals surface area (Å²) in [7, 11) is 0. The van der Waals surface area contributed by atoms with Crippen LogP contribution < -0.4 is 5.32 Å². The van der Waals surface area contributed by atoms with Crippen LogP contribution in [0.25, 0.3) is 0 Å². The van der Waals surface area contributed by atoms with Crippen molar-refractivity contribution in [1.29, 1.82) is 0 Å². The topological polar surface area (TPSA) is 67.2 Å². The van der Waals surface area contributed by atoms with Crippen LogP contribution in [-0.4, -0.2) is 27.4 Å². The van der Waals surface area contributed by atoms with Gasteiger partial charge in [-0.3, -0.25) is 9.48 Å². The van der Waals surface area contributed by atoms with Gasteiger partial charge in [0.15, 0.2) is 0 Å². The van der Waals surface area contributed by atoms with Gasteiger partial charge >= 0.3 is 5.97 Å². The lowest BCUT2D eigenvalue weighted by Crippen LogP contribution is -2.23. The van der Waals surface area contributed by atoms with Crippen LogP contribution in [0.2, 0.25) is 0 Å². The Morgan fingerprint density at radius 1 is 1.45 bits per heavy atom. The Bertz CT molecular complexity index is 425. The number of carbonyl (C=O) groups is 1. The molecule has 1 rings (SSSR count). The standard InChI is InChI=1S/C15H27N3O2/c1-12(2)18-10-6-13(17-18)11-16-9-8-15(3,4)7-5-14(19)20/h6,10,12,16H,5,7-9,11H2,1-4H3,(H,19,20). The van der Waals surface area contributed by atoms with Crippen LogP contribution in [0.5, 0.6) is 0 Å². The monoisotopic (exact) mass is 281 g/mol. The molecule has 0 saturated heterocycles. The largest absolute Gasteiger partial charge is 0.481 e. The third-order valence-corrected chi connectivity index (χ3v) is 3.49. The lowest BCUT2D eigenvalue weighted by Gasteiger charge is -2.23. The van der Waals surface area contributed by atoms with Crippen molar-refractivity contribution >= 4 is 5.97 Å². The first-order valence-electron chi connectivity index (χ1n) is 7.27. The van der Waals surface area contributed by atoms with Crippen LogP contribution in [0.4, 0.5) is 0 Å². The fourth-order valence-electron chi connectivity index (χ4n) is 1.97. The highest BCUT2D eigenvalue weighted by molar-refractivity contribution is 5.66. The normalized spacial score (nSPS) is 12.1. The minimum Gasteiger partial charge on any atom is -0.481 e. The molecule has 2 N–H and O–H groups in total. The molecule has 5 heteroatoms. The van der Waals surface area contributed by atoms with Crippen molar-refractivity contribution in [1.82, 2.24) is 15.1 Å². The third-order valence-electron chi connectivity index (χ3n) is 3.49. The average Bonchev–Trinajstić information content (AvgIpc) is 2.81. The average molecular weight is 281 g/mol. The molecule has 0 radical (unpaired) electrons. The number of carboxylic acid groups (broad SMARTS) is 1. The van der Waals surface area contributed by atoms with Gasteiger partial charge in [0.2, 0.25) is 0 Å². The number of aromatic nitrogens is 2. The molecule has 0 aliphatic rings. The lowest BCUT2D eigenvalue weighted by atomic mass is 9.84. The summed E-state index contributed by atoms with van der Waals surface area (Å²) in [6, 6.07) is 2.42. The smallest absolute Gasteiger partial charge is 0.303 e. The molecule has 1 aromatic heterocycles. The van der Waals surface area contributed by atoms with Crippen molar-refractivity contribution < 1.29 is 9.90 Å². The van der Waals surface area contributed by atoms with Gasteiger partial charge in [-0.05, 0) is 44.7 Å². The molecule has 0 aliphatic heterocycles. The van der Waals surface area contributed by atoms with E-state index in [1.54, 1.807) is 0 Å². The van der Waals surface area contributed by atoms with Crippen molar-refractivity contribution in [3.05, 3.63) is 18.0 Å². The van der Waals surface area contributed by atoms with Gasteiger partial charge < -0.3 is 10.4 Å². The highest BCUT2D eigenvalue weighted by atomic mass is 16.4. The first-order chi connectivity index (χ1) is 9.30. The Hall–Kier alpha value is -1.36. The number of hydrogen-bond donors (Lipinski definition) is 2. The SMILES string of the molecule is CC(C)n1ccc(CNCCC(C)(C)CCC(=O)O)n1. The van der Waals surface area contributed by atoms with Crippen molar-refractivity contribution in [2.24, 2.45) is 5.41 Å². The van der Waals surface area contributed by atoms with E-state index in [0.717, 1.165) is 25.2 Å². The first kappa shape index (κ1) is 16.7. The second-order valence-corrected chi connectivity index (χ2v) is 6.37. The van der Waals surface area contributed by atoms with Crippen LogP contribution in [0.1, 0.15) is 58.7 Å². The van der Waals surface area contributed by atoms with Crippen LogP contribution in [0.3, 0.4) is 0 Å². The zero-order chi connectivity index (χ0) is 15.2. The quantitative estimate of drug-likeness (QED) is 0.683. The molecule has 1 heterocycles. The second kappa shape index (κ2) is 7.43. The summed E-state index contributed by atoms with van der Waals surface area (Å²) in [5, 5.41) is 16.6. The van der Waals surface area contributed by atoms with Gasteiger partial charge in [0, 0.05) is 25.2 Å². The predicted octanol–water partition coefficient (Wildman–Crippen LogP) is 2.83. The van der Waals surface area contributed by atoms with Crippen molar-refractivity contribution in [2.75, 3.05) is 6.54 Å². The van der Waals surface area contributed by atoms with E-state index in [4.69, 9.17) is 5.11 Å². The summed E-state index contributed by atoms with van der Waals surface area (Å²) >= 11 is 0. The highest BCUT2D eigenvalue weighted by Crippen LogP contribution is 2.25. The van der Waals surface area contributed by atoms with Crippen LogP contribution in [0, 0.1) is 5.41 Å². The number of carboxylic acids is 1. The molecule has 0 spiro atoms. The van der Waals surface area contributed by atoms with Crippen molar-refractivity contribution in [2.45, 2.75) is 59.5 Å². The molecule has 114 valence electrons. The highest BCUT2D eigenvalue weighted by Gasteiger charge is 2.18. The molecule has 0 fully saturated rings. The number of rotatable bonds is 9. The van der Waals surface area contributed by atoms with Gasteiger partial charge in [0.25, 0.3) is 0 Å². The van der Waals surface area contributed by atoms with Gasteiger partial charge in [-0.2, -0.15) is 5.10 Å². The maximum absolute atomic E-state index is 10.6. The molecule has 0 amide bonds. The molecule has 0 bridgehead atoms. The zero-order valence-corrected chi connectivity index (χ0v) is 13.0. The summed E-state index contributed by atoms with van der Waals surface area (Å²) in [5.74, 6) is -0.717. The Kier molecular flexibility index (Phi) is 6.20. The molecule has 0 atom stereocenters. The van der Waals surface area contributed by atoms with E-state index >= 15 is 0 Å². The Labute approximate surface area is 121 Å². The molecule has 0 aromatic carbocycles. The first-order valence-corrected chi connectivity index (χ1v) is 7.27. The van der Waals surface area contributed by atoms with E-state index in [1.807, 2.05) is 16.9 Å². The Balaban J connectivity index is 2.25. The van der Waals surface area contributed by atoms with Crippen molar-refractivity contribution in [3.63, 3.8) is 0 Å². The zero-order valence-electron chi connectivity index (χ0n) is 13.0. The van der Waals surface area contributed by atoms with E-state index in [0.29, 0.717) is 12.5 Å². The van der Waals surface area contributed by atoms with E-state index in [1.165, 1.54) is 0 Å². The number of nitrogens with zero attached hydrogens (tertiary/aromatic N) is 2. The van der Waals surface area contributed by atoms with Crippen molar-refractivity contribution in [3.8, 4) is 0 Å². The summed E-state index contributed by atoms with van der Waals surface area (Å²) in [5.41, 5.74) is 1.10. The third kappa shape index (κ3) is 6.19. The van der Waals surface area contributed by atoms with E-state index in [2.05, 4.69) is 38.1 Å². The Morgan fingerprint density at radius 2 is 2.15 bits per heavy atom. The number of nitrogens with one attached hydrogen (secondary N) is 1. The predicted molar refractivity (Wildman–Crippen MR) is 79.6 cm³/mol. The van der Waals surface area contributed by atoms with E-state index < -0.39 is 5.97 Å². The van der Waals surface area contributed by atoms with E-state index in [-0.39, 0.29) is 11.8 Å². The lowest BCUT2D eigenvalue weighted by molar-refractivity contribution is -0.137. The minimum absolute atomic E-state index is 0.0582. The summed E-state index contributed by atoms with van der Waals surface area (Å²) < 4.78 is 1.95. The van der Waals surface area contributed by atoms with Gasteiger partial charge in [0.05, 0.1) is 5.69 Å². The molecule has 0 saturated carbocycles. The van der Waals surface area contributed by atoms with Gasteiger partial charge in [-0.15, -0.1) is 0 Å². The van der Waals surface area contributed by atoms with Gasteiger partial charge in [-0.1, -0.05) is 13.8 Å². The fourth-order valence-corrected chi connectivity index (χ4v) is 1.97. The maximum Gasteiger partial charge on any atom is 0.303 e. The van der Waals surface area contributed by atoms with Crippen LogP contribution >= 0.6 is 0 Å². The van der Waals surface area contributed by atoms with Gasteiger partial charge in [0.1, 0.15) is 0 Å². The number of aliphatic carboxylic acids is 1. The fraction of sp³-hybridized carbons (Fsp3) is 0.733. The molecule has 0 aliphatic carbocycles. The molecule has 1 aromatic rings. The molecule has 5 nitrogen and oxygen atoms in total. The van der Waals surface area contributed by atoms with E-state index in [9.17, 15) is 4.79 Å². The summed E-state index contributed by atoms with van der Waals surface area (Å²) in [4.78, 5) is 10.6. The number of hydrogen-bond acceptors (Lipinski definition) is 3.